The van der Waals surface area contributed by atoms with Gasteiger partial charge >= 0.3 is 0 Å². The number of benzene rings is 2. The van der Waals surface area contributed by atoms with E-state index >= 15 is 0 Å². The lowest BCUT2D eigenvalue weighted by Gasteiger charge is -2.23. The maximum absolute atomic E-state index is 12.6. The number of aryl methyl sites for hydroxylation is 1. The van der Waals surface area contributed by atoms with Crippen molar-refractivity contribution in [1.29, 1.82) is 0 Å². The van der Waals surface area contributed by atoms with Crippen LogP contribution in [0.3, 0.4) is 0 Å². The largest absolute Gasteiger partial charge is 0.299 e. The predicted octanol–water partition coefficient (Wildman–Crippen LogP) is 5.65. The normalized spacial score (nSPS) is 12.2. The third kappa shape index (κ3) is 5.46. The summed E-state index contributed by atoms with van der Waals surface area (Å²) in [5, 5.41) is 1.48. The molecular formula is C19H19Cl3O3S. The Morgan fingerprint density at radius 2 is 1.54 bits per heavy atom. The molecule has 26 heavy (non-hydrogen) atoms. The van der Waals surface area contributed by atoms with Crippen LogP contribution in [0.5, 0.6) is 0 Å². The number of sulfone groups is 1. The lowest BCUT2D eigenvalue weighted by atomic mass is 9.87. The average molecular weight is 434 g/mol. The quantitative estimate of drug-likeness (QED) is 0.567. The van der Waals surface area contributed by atoms with E-state index in [2.05, 4.69) is 0 Å². The van der Waals surface area contributed by atoms with Crippen LogP contribution in [0.1, 0.15) is 25.8 Å². The minimum absolute atomic E-state index is 0.138. The number of rotatable bonds is 7. The van der Waals surface area contributed by atoms with Crippen LogP contribution in [0.25, 0.3) is 0 Å². The topological polar surface area (TPSA) is 51.2 Å². The van der Waals surface area contributed by atoms with Gasteiger partial charge in [0.25, 0.3) is 0 Å². The molecule has 2 aromatic rings. The molecule has 3 nitrogen and oxygen atoms in total. The van der Waals surface area contributed by atoms with Crippen molar-refractivity contribution in [2.75, 3.05) is 5.75 Å². The van der Waals surface area contributed by atoms with Gasteiger partial charge in [0, 0.05) is 26.9 Å². The van der Waals surface area contributed by atoms with Crippen molar-refractivity contribution >= 4 is 50.4 Å². The van der Waals surface area contributed by atoms with Crippen molar-refractivity contribution in [3.8, 4) is 0 Å². The van der Waals surface area contributed by atoms with Crippen molar-refractivity contribution in [1.82, 2.24) is 0 Å². The standard InChI is InChI=1S/C19H19Cl3O3S/c1-19(2,12-26(24,25)16-8-6-14(20)7-9-16)18(23)10-4-13-3-5-15(21)11-17(13)22/h3,5-9,11H,4,10,12H2,1-2H3. The summed E-state index contributed by atoms with van der Waals surface area (Å²) in [5.41, 5.74) is -0.210. The highest BCUT2D eigenvalue weighted by atomic mass is 35.5. The fourth-order valence-corrected chi connectivity index (χ4v) is 5.05. The van der Waals surface area contributed by atoms with E-state index in [0.717, 1.165) is 5.56 Å². The fourth-order valence-electron chi connectivity index (χ4n) is 2.59. The molecule has 0 atom stereocenters. The van der Waals surface area contributed by atoms with Crippen molar-refractivity contribution in [2.24, 2.45) is 5.41 Å². The van der Waals surface area contributed by atoms with E-state index in [1.165, 1.54) is 24.3 Å². The van der Waals surface area contributed by atoms with E-state index in [4.69, 9.17) is 34.8 Å². The Bertz CT molecular complexity index is 904. The van der Waals surface area contributed by atoms with E-state index in [1.54, 1.807) is 32.0 Å². The molecule has 0 bridgehead atoms. The van der Waals surface area contributed by atoms with Gasteiger partial charge < -0.3 is 0 Å². The summed E-state index contributed by atoms with van der Waals surface area (Å²) in [6.45, 7) is 3.29. The third-order valence-corrected chi connectivity index (χ3v) is 7.05. The number of carbonyl (C=O) groups excluding carboxylic acids is 1. The minimum Gasteiger partial charge on any atom is -0.299 e. The number of hydrogen-bond donors (Lipinski definition) is 0. The molecule has 140 valence electrons. The maximum atomic E-state index is 12.6. The van der Waals surface area contributed by atoms with Crippen LogP contribution in [-0.2, 0) is 21.1 Å². The summed E-state index contributed by atoms with van der Waals surface area (Å²) in [6, 6.07) is 11.0. The van der Waals surface area contributed by atoms with Gasteiger partial charge in [0.2, 0.25) is 0 Å². The molecule has 7 heteroatoms. The van der Waals surface area contributed by atoms with Crippen molar-refractivity contribution in [3.63, 3.8) is 0 Å². The molecule has 0 aliphatic heterocycles. The average Bonchev–Trinajstić information content (AvgIpc) is 2.53. The zero-order valence-corrected chi connectivity index (χ0v) is 17.5. The molecule has 0 aliphatic rings. The van der Waals surface area contributed by atoms with Gasteiger partial charge in [-0.05, 0) is 48.4 Å². The van der Waals surface area contributed by atoms with E-state index < -0.39 is 15.3 Å². The summed E-state index contributed by atoms with van der Waals surface area (Å²) in [7, 11) is -3.60. The van der Waals surface area contributed by atoms with Crippen LogP contribution in [0, 0.1) is 5.41 Å². The van der Waals surface area contributed by atoms with E-state index in [-0.39, 0.29) is 22.9 Å². The second-order valence-electron chi connectivity index (χ2n) is 6.76. The molecule has 0 unspecified atom stereocenters. The first-order chi connectivity index (χ1) is 12.0. The van der Waals surface area contributed by atoms with Gasteiger partial charge in [-0.25, -0.2) is 8.42 Å². The first-order valence-corrected chi connectivity index (χ1v) is 10.8. The van der Waals surface area contributed by atoms with E-state index in [9.17, 15) is 13.2 Å². The number of ketones is 1. The SMILES string of the molecule is CC(C)(CS(=O)(=O)c1ccc(Cl)cc1)C(=O)CCc1ccc(Cl)cc1Cl. The van der Waals surface area contributed by atoms with Crippen LogP contribution < -0.4 is 0 Å². The number of halogens is 3. The zero-order chi connectivity index (χ0) is 19.5. The summed E-state index contributed by atoms with van der Waals surface area (Å²) >= 11 is 17.8. The number of carbonyl (C=O) groups is 1. The molecule has 0 amide bonds. The highest BCUT2D eigenvalue weighted by molar-refractivity contribution is 7.91. The Balaban J connectivity index is 2.08. The van der Waals surface area contributed by atoms with Gasteiger partial charge in [-0.15, -0.1) is 0 Å². The highest BCUT2D eigenvalue weighted by Crippen LogP contribution is 2.28. The Morgan fingerprint density at radius 1 is 0.962 bits per heavy atom. The van der Waals surface area contributed by atoms with E-state index in [0.29, 0.717) is 21.5 Å². The molecule has 0 saturated heterocycles. The number of Topliss-reactive ketones (excluding diaryl/α,β-unsaturated/α-hetero) is 1. The molecule has 0 fully saturated rings. The van der Waals surface area contributed by atoms with Gasteiger partial charge in [-0.3, -0.25) is 4.79 Å². The maximum Gasteiger partial charge on any atom is 0.179 e. The molecule has 0 aromatic heterocycles. The van der Waals surface area contributed by atoms with Gasteiger partial charge in [0.05, 0.1) is 10.6 Å². The predicted molar refractivity (Wildman–Crippen MR) is 107 cm³/mol. The Labute approximate surface area is 169 Å². The summed E-state index contributed by atoms with van der Waals surface area (Å²) in [4.78, 5) is 12.8. The first-order valence-electron chi connectivity index (χ1n) is 7.97. The van der Waals surface area contributed by atoms with E-state index in [1.807, 2.05) is 0 Å². The highest BCUT2D eigenvalue weighted by Gasteiger charge is 2.33. The molecule has 0 saturated carbocycles. The minimum atomic E-state index is -3.60. The summed E-state index contributed by atoms with van der Waals surface area (Å²) in [6.07, 6.45) is 0.629. The lowest BCUT2D eigenvalue weighted by Crippen LogP contribution is -2.32. The first kappa shape index (κ1) is 21.2. The van der Waals surface area contributed by atoms with Crippen LogP contribution in [0.2, 0.25) is 15.1 Å². The fraction of sp³-hybridized carbons (Fsp3) is 0.316. The van der Waals surface area contributed by atoms with Crippen LogP contribution in [0.4, 0.5) is 0 Å². The van der Waals surface area contributed by atoms with Gasteiger partial charge in [-0.2, -0.15) is 0 Å². The van der Waals surface area contributed by atoms with Gasteiger partial charge in [0.1, 0.15) is 5.78 Å². The molecule has 2 rings (SSSR count). The molecule has 0 radical (unpaired) electrons. The second kappa shape index (κ2) is 8.30. The molecule has 0 heterocycles. The number of hydrogen-bond acceptors (Lipinski definition) is 3. The second-order valence-corrected chi connectivity index (χ2v) is 10.0. The molecule has 0 aliphatic carbocycles. The lowest BCUT2D eigenvalue weighted by molar-refractivity contribution is -0.126. The summed E-state index contributed by atoms with van der Waals surface area (Å²) < 4.78 is 25.2. The molecular weight excluding hydrogens is 415 g/mol. The Morgan fingerprint density at radius 3 is 2.12 bits per heavy atom. The molecule has 2 aromatic carbocycles. The third-order valence-electron chi connectivity index (χ3n) is 4.11. The van der Waals surface area contributed by atoms with Crippen LogP contribution >= 0.6 is 34.8 Å². The summed E-state index contributed by atoms with van der Waals surface area (Å²) in [5.74, 6) is -0.407. The van der Waals surface area contributed by atoms with Gasteiger partial charge in [0.15, 0.2) is 9.84 Å². The smallest absolute Gasteiger partial charge is 0.179 e. The molecule has 0 spiro atoms. The van der Waals surface area contributed by atoms with Crippen molar-refractivity contribution < 1.29 is 13.2 Å². The Kier molecular flexibility index (Phi) is 6.78. The van der Waals surface area contributed by atoms with Crippen LogP contribution in [0.15, 0.2) is 47.4 Å². The zero-order valence-electron chi connectivity index (χ0n) is 14.4. The van der Waals surface area contributed by atoms with Crippen molar-refractivity contribution in [3.05, 3.63) is 63.1 Å². The van der Waals surface area contributed by atoms with Crippen molar-refractivity contribution in [2.45, 2.75) is 31.6 Å². The Hall–Kier alpha value is -1.07. The van der Waals surface area contributed by atoms with Gasteiger partial charge in [-0.1, -0.05) is 54.7 Å². The van der Waals surface area contributed by atoms with Crippen LogP contribution in [-0.4, -0.2) is 20.0 Å². The molecule has 0 N–H and O–H groups in total. The monoisotopic (exact) mass is 432 g/mol.